The summed E-state index contributed by atoms with van der Waals surface area (Å²) in [7, 11) is 0. The normalized spacial score (nSPS) is 20.0. The molecule has 0 amide bonds. The van der Waals surface area contributed by atoms with Crippen molar-refractivity contribution in [1.29, 1.82) is 0 Å². The van der Waals surface area contributed by atoms with E-state index in [4.69, 9.17) is 20.1 Å². The number of aromatic nitrogens is 1. The minimum atomic E-state index is -1.17. The molecule has 1 aliphatic carbocycles. The maximum Gasteiger partial charge on any atom is 0.374 e. The van der Waals surface area contributed by atoms with Crippen molar-refractivity contribution in [3.63, 3.8) is 0 Å². The van der Waals surface area contributed by atoms with Crippen molar-refractivity contribution in [2.24, 2.45) is 11.7 Å². The maximum absolute atomic E-state index is 12.2. The number of esters is 1. The van der Waals surface area contributed by atoms with Crippen LogP contribution in [0.15, 0.2) is 34.9 Å². The summed E-state index contributed by atoms with van der Waals surface area (Å²) < 4.78 is 10.4. The third-order valence-electron chi connectivity index (χ3n) is 4.46. The molecule has 0 radical (unpaired) electrons. The van der Waals surface area contributed by atoms with E-state index in [-0.39, 0.29) is 23.7 Å². The van der Waals surface area contributed by atoms with Gasteiger partial charge in [-0.15, -0.1) is 0 Å². The minimum Gasteiger partial charge on any atom is -0.475 e. The van der Waals surface area contributed by atoms with Gasteiger partial charge in [0.1, 0.15) is 11.3 Å². The van der Waals surface area contributed by atoms with Crippen LogP contribution in [0, 0.1) is 5.92 Å². The highest BCUT2D eigenvalue weighted by Crippen LogP contribution is 2.32. The lowest BCUT2D eigenvalue weighted by Crippen LogP contribution is -2.43. The molecule has 132 valence electrons. The fourth-order valence-corrected chi connectivity index (χ4v) is 2.80. The van der Waals surface area contributed by atoms with Gasteiger partial charge in [0.05, 0.1) is 5.92 Å². The van der Waals surface area contributed by atoms with Gasteiger partial charge in [-0.1, -0.05) is 29.4 Å². The van der Waals surface area contributed by atoms with Crippen LogP contribution < -0.4 is 5.73 Å². The molecule has 1 aromatic carbocycles. The van der Waals surface area contributed by atoms with E-state index < -0.39 is 11.6 Å². The van der Waals surface area contributed by atoms with E-state index in [1.54, 1.807) is 12.1 Å². The molecule has 7 heteroatoms. The van der Waals surface area contributed by atoms with Crippen LogP contribution in [0.25, 0.3) is 11.3 Å². The zero-order valence-corrected chi connectivity index (χ0v) is 14.1. The molecule has 1 aliphatic rings. The Balaban J connectivity index is 1.71. The molecule has 0 atom stereocenters. The number of carboxylic acids is 1. The zero-order valence-electron chi connectivity index (χ0n) is 14.1. The van der Waals surface area contributed by atoms with E-state index in [0.717, 1.165) is 5.56 Å². The van der Waals surface area contributed by atoms with Gasteiger partial charge in [0, 0.05) is 17.7 Å². The van der Waals surface area contributed by atoms with Crippen molar-refractivity contribution in [2.45, 2.75) is 38.3 Å². The first-order valence-electron chi connectivity index (χ1n) is 8.05. The molecule has 0 bridgehead atoms. The van der Waals surface area contributed by atoms with Gasteiger partial charge in [-0.05, 0) is 32.3 Å². The van der Waals surface area contributed by atoms with Crippen LogP contribution in [0.5, 0.6) is 0 Å². The van der Waals surface area contributed by atoms with Gasteiger partial charge < -0.3 is 20.1 Å². The number of nitrogens with zero attached hydrogens (tertiary/aromatic N) is 1. The Morgan fingerprint density at radius 1 is 1.28 bits per heavy atom. The second kappa shape index (κ2) is 6.33. The molecular formula is C18H20N2O5. The molecule has 25 heavy (non-hydrogen) atoms. The molecule has 1 saturated carbocycles. The number of benzene rings is 1. The predicted molar refractivity (Wildman–Crippen MR) is 88.7 cm³/mol. The van der Waals surface area contributed by atoms with Gasteiger partial charge in [-0.2, -0.15) is 0 Å². The third-order valence-corrected chi connectivity index (χ3v) is 4.46. The topological polar surface area (TPSA) is 116 Å². The van der Waals surface area contributed by atoms with Crippen molar-refractivity contribution >= 4 is 11.9 Å². The highest BCUT2D eigenvalue weighted by Gasteiger charge is 2.36. The lowest BCUT2D eigenvalue weighted by atomic mass is 9.81. The number of ether oxygens (including phenoxy) is 1. The number of aromatic carboxylic acids is 1. The van der Waals surface area contributed by atoms with Crippen LogP contribution in [-0.2, 0) is 15.1 Å². The zero-order chi connectivity index (χ0) is 18.2. The van der Waals surface area contributed by atoms with Gasteiger partial charge in [-0.3, -0.25) is 4.79 Å². The van der Waals surface area contributed by atoms with E-state index in [1.807, 2.05) is 26.0 Å². The largest absolute Gasteiger partial charge is 0.475 e. The Kier molecular flexibility index (Phi) is 4.34. The smallest absolute Gasteiger partial charge is 0.374 e. The molecule has 2 aromatic rings. The fourth-order valence-electron chi connectivity index (χ4n) is 2.80. The second-order valence-electron chi connectivity index (χ2n) is 6.82. The summed E-state index contributed by atoms with van der Waals surface area (Å²) in [6.07, 6.45) is 1.35. The van der Waals surface area contributed by atoms with Gasteiger partial charge in [-0.25, -0.2) is 4.79 Å². The summed E-state index contributed by atoms with van der Waals surface area (Å²) in [6, 6.07) is 8.68. The van der Waals surface area contributed by atoms with Crippen molar-refractivity contribution in [2.75, 3.05) is 0 Å². The van der Waals surface area contributed by atoms with E-state index in [2.05, 4.69) is 5.16 Å². The van der Waals surface area contributed by atoms with Gasteiger partial charge >= 0.3 is 11.9 Å². The highest BCUT2D eigenvalue weighted by atomic mass is 16.6. The molecule has 3 rings (SSSR count). The Bertz CT molecular complexity index is 788. The Hall–Kier alpha value is -2.67. The molecule has 0 spiro atoms. The summed E-state index contributed by atoms with van der Waals surface area (Å²) >= 11 is 0. The number of carbonyl (C=O) groups excluding carboxylic acids is 1. The molecule has 7 nitrogen and oxygen atoms in total. The van der Waals surface area contributed by atoms with Crippen LogP contribution in [0.1, 0.15) is 42.8 Å². The number of hydrogen-bond acceptors (Lipinski definition) is 6. The molecular weight excluding hydrogens is 324 g/mol. The fraction of sp³-hybridized carbons (Fsp3) is 0.389. The summed E-state index contributed by atoms with van der Waals surface area (Å²) in [4.78, 5) is 23.0. The van der Waals surface area contributed by atoms with E-state index in [9.17, 15) is 9.59 Å². The van der Waals surface area contributed by atoms with Gasteiger partial charge in [0.25, 0.3) is 0 Å². The van der Waals surface area contributed by atoms with Crippen molar-refractivity contribution in [1.82, 2.24) is 5.16 Å². The minimum absolute atomic E-state index is 0.0955. The standard InChI is InChI=1S/C18H20N2O5/c1-18(2,24-17(23)11-7-13(19)8-11)12-5-3-10(4-6-12)14-9-15(16(21)22)25-20-14/h3-6,9,11,13H,7-8,19H2,1-2H3,(H,21,22)/t11-,13+. The van der Waals surface area contributed by atoms with Gasteiger partial charge in [0.2, 0.25) is 5.76 Å². The van der Waals surface area contributed by atoms with Crippen LogP contribution in [0.4, 0.5) is 0 Å². The SMILES string of the molecule is CC(C)(OC(=O)[C@H]1C[C@@H](N)C1)c1ccc(-c2cc(C(=O)O)on2)cc1. The van der Waals surface area contributed by atoms with Crippen LogP contribution in [-0.4, -0.2) is 28.2 Å². The number of carbonyl (C=O) groups is 2. The second-order valence-corrected chi connectivity index (χ2v) is 6.82. The Morgan fingerprint density at radius 3 is 2.44 bits per heavy atom. The molecule has 1 fully saturated rings. The molecule has 3 N–H and O–H groups in total. The molecule has 0 aliphatic heterocycles. The first-order valence-corrected chi connectivity index (χ1v) is 8.05. The maximum atomic E-state index is 12.2. The molecule has 1 heterocycles. The first kappa shape index (κ1) is 17.2. The van der Waals surface area contributed by atoms with E-state index >= 15 is 0 Å². The number of nitrogens with two attached hydrogens (primary N) is 1. The molecule has 1 aromatic heterocycles. The van der Waals surface area contributed by atoms with Crippen molar-refractivity contribution in [3.8, 4) is 11.3 Å². The quantitative estimate of drug-likeness (QED) is 0.801. The summed E-state index contributed by atoms with van der Waals surface area (Å²) in [5.74, 6) is -1.72. The molecule has 0 saturated heterocycles. The first-order chi connectivity index (χ1) is 11.8. The number of rotatable bonds is 5. The van der Waals surface area contributed by atoms with Crippen LogP contribution >= 0.6 is 0 Å². The highest BCUT2D eigenvalue weighted by molar-refractivity contribution is 5.85. The van der Waals surface area contributed by atoms with Crippen molar-refractivity contribution < 1.29 is 24.0 Å². The summed E-state index contributed by atoms with van der Waals surface area (Å²) in [5, 5.41) is 12.6. The summed E-state index contributed by atoms with van der Waals surface area (Å²) in [6.45, 7) is 3.66. The predicted octanol–water partition coefficient (Wildman–Crippen LogP) is 2.56. The lowest BCUT2D eigenvalue weighted by Gasteiger charge is -2.34. The van der Waals surface area contributed by atoms with E-state index in [0.29, 0.717) is 24.1 Å². The Labute approximate surface area is 144 Å². The number of hydrogen-bond donors (Lipinski definition) is 2. The number of carboxylic acid groups (broad SMARTS) is 1. The van der Waals surface area contributed by atoms with Gasteiger partial charge in [0.15, 0.2) is 0 Å². The third kappa shape index (κ3) is 3.56. The summed E-state index contributed by atoms with van der Waals surface area (Å²) in [5.41, 5.74) is 6.92. The van der Waals surface area contributed by atoms with E-state index in [1.165, 1.54) is 6.07 Å². The van der Waals surface area contributed by atoms with Crippen LogP contribution in [0.3, 0.4) is 0 Å². The van der Waals surface area contributed by atoms with Crippen LogP contribution in [0.2, 0.25) is 0 Å². The average Bonchev–Trinajstić information content (AvgIpc) is 3.01. The Morgan fingerprint density at radius 2 is 1.92 bits per heavy atom. The van der Waals surface area contributed by atoms with Crippen molar-refractivity contribution in [3.05, 3.63) is 41.7 Å². The lowest BCUT2D eigenvalue weighted by molar-refractivity contribution is -0.166. The molecule has 0 unspecified atom stereocenters. The average molecular weight is 344 g/mol. The monoisotopic (exact) mass is 344 g/mol.